The van der Waals surface area contributed by atoms with Crippen LogP contribution in [0, 0.1) is 11.6 Å². The Morgan fingerprint density at radius 3 is 2.41 bits per heavy atom. The molecular formula is C12H14F2O3. The lowest BCUT2D eigenvalue weighted by atomic mass is 9.79. The number of aliphatic hydroxyl groups is 1. The highest BCUT2D eigenvalue weighted by Crippen LogP contribution is 2.28. The Balaban J connectivity index is 3.11. The van der Waals surface area contributed by atoms with E-state index in [2.05, 4.69) is 4.74 Å². The zero-order valence-corrected chi connectivity index (χ0v) is 9.83. The lowest BCUT2D eigenvalue weighted by Crippen LogP contribution is -2.40. The van der Waals surface area contributed by atoms with Crippen LogP contribution in [-0.2, 0) is 14.9 Å². The van der Waals surface area contributed by atoms with Crippen LogP contribution >= 0.6 is 0 Å². The van der Waals surface area contributed by atoms with E-state index >= 15 is 0 Å². The van der Waals surface area contributed by atoms with Gasteiger partial charge in [-0.05, 0) is 17.7 Å². The standard InChI is InChI=1S/C12H14F2O3/c1-12(2,10(15)11(16)17-3)7-4-5-8(13)9(14)6-7/h4-6,10,15H,1-3H3. The largest absolute Gasteiger partial charge is 0.467 e. The van der Waals surface area contributed by atoms with Crippen LogP contribution < -0.4 is 0 Å². The maximum Gasteiger partial charge on any atom is 0.335 e. The summed E-state index contributed by atoms with van der Waals surface area (Å²) >= 11 is 0. The second kappa shape index (κ2) is 4.79. The minimum Gasteiger partial charge on any atom is -0.467 e. The van der Waals surface area contributed by atoms with E-state index in [9.17, 15) is 18.7 Å². The van der Waals surface area contributed by atoms with Crippen molar-refractivity contribution < 1.29 is 23.4 Å². The zero-order chi connectivity index (χ0) is 13.2. The first-order valence-corrected chi connectivity index (χ1v) is 5.02. The van der Waals surface area contributed by atoms with Gasteiger partial charge in [-0.2, -0.15) is 0 Å². The molecule has 0 aromatic heterocycles. The second-order valence-electron chi connectivity index (χ2n) is 4.28. The van der Waals surface area contributed by atoms with Crippen LogP contribution in [0.2, 0.25) is 0 Å². The van der Waals surface area contributed by atoms with Gasteiger partial charge in [0.05, 0.1) is 7.11 Å². The Morgan fingerprint density at radius 1 is 1.35 bits per heavy atom. The van der Waals surface area contributed by atoms with Crippen LogP contribution in [0.1, 0.15) is 19.4 Å². The molecule has 0 aliphatic rings. The summed E-state index contributed by atoms with van der Waals surface area (Å²) in [5, 5.41) is 9.77. The van der Waals surface area contributed by atoms with Crippen molar-refractivity contribution in [3.63, 3.8) is 0 Å². The molecule has 1 rings (SSSR count). The van der Waals surface area contributed by atoms with Crippen molar-refractivity contribution in [1.29, 1.82) is 0 Å². The number of esters is 1. The summed E-state index contributed by atoms with van der Waals surface area (Å²) in [6, 6.07) is 3.24. The van der Waals surface area contributed by atoms with Gasteiger partial charge in [0.15, 0.2) is 17.7 Å². The van der Waals surface area contributed by atoms with Crippen LogP contribution in [0.25, 0.3) is 0 Å². The van der Waals surface area contributed by atoms with Crippen LogP contribution in [0.3, 0.4) is 0 Å². The number of ether oxygens (including phenoxy) is 1. The molecule has 0 heterocycles. The van der Waals surface area contributed by atoms with E-state index < -0.39 is 29.1 Å². The van der Waals surface area contributed by atoms with Gasteiger partial charge in [-0.25, -0.2) is 13.6 Å². The summed E-state index contributed by atoms with van der Waals surface area (Å²) in [4.78, 5) is 11.2. The molecule has 17 heavy (non-hydrogen) atoms. The Kier molecular flexibility index (Phi) is 3.83. The first kappa shape index (κ1) is 13.6. The second-order valence-corrected chi connectivity index (χ2v) is 4.28. The molecule has 1 atom stereocenters. The fraction of sp³-hybridized carbons (Fsp3) is 0.417. The van der Waals surface area contributed by atoms with Gasteiger partial charge in [0.1, 0.15) is 0 Å². The zero-order valence-electron chi connectivity index (χ0n) is 9.83. The average Bonchev–Trinajstić information content (AvgIpc) is 2.30. The predicted octanol–water partition coefficient (Wildman–Crippen LogP) is 1.78. The van der Waals surface area contributed by atoms with Crippen molar-refractivity contribution in [3.8, 4) is 0 Å². The molecule has 0 amide bonds. The molecule has 0 spiro atoms. The summed E-state index contributed by atoms with van der Waals surface area (Å²) < 4.78 is 30.3. The van der Waals surface area contributed by atoms with Crippen LogP contribution in [0.15, 0.2) is 18.2 Å². The lowest BCUT2D eigenvalue weighted by Gasteiger charge is -2.29. The fourth-order valence-corrected chi connectivity index (χ4v) is 1.46. The van der Waals surface area contributed by atoms with Crippen molar-refractivity contribution in [1.82, 2.24) is 0 Å². The Labute approximate surface area is 98.0 Å². The Morgan fingerprint density at radius 2 is 1.94 bits per heavy atom. The molecule has 0 aliphatic heterocycles. The van der Waals surface area contributed by atoms with Gasteiger partial charge in [0.25, 0.3) is 0 Å². The van der Waals surface area contributed by atoms with Crippen molar-refractivity contribution in [2.45, 2.75) is 25.4 Å². The first-order chi connectivity index (χ1) is 7.80. The van der Waals surface area contributed by atoms with Gasteiger partial charge >= 0.3 is 5.97 Å². The van der Waals surface area contributed by atoms with E-state index in [1.54, 1.807) is 13.8 Å². The molecule has 0 saturated heterocycles. The Hall–Kier alpha value is -1.49. The fourth-order valence-electron chi connectivity index (χ4n) is 1.46. The predicted molar refractivity (Wildman–Crippen MR) is 57.4 cm³/mol. The molecule has 94 valence electrons. The molecule has 0 aliphatic carbocycles. The minimum atomic E-state index is -1.45. The Bertz CT molecular complexity index is 430. The summed E-state index contributed by atoms with van der Waals surface area (Å²) in [5.41, 5.74) is -0.754. The van der Waals surface area contributed by atoms with E-state index in [0.29, 0.717) is 5.56 Å². The number of hydrogen-bond acceptors (Lipinski definition) is 3. The van der Waals surface area contributed by atoms with Gasteiger partial charge in [-0.3, -0.25) is 0 Å². The molecule has 3 nitrogen and oxygen atoms in total. The van der Waals surface area contributed by atoms with Crippen molar-refractivity contribution in [2.75, 3.05) is 7.11 Å². The average molecular weight is 244 g/mol. The van der Waals surface area contributed by atoms with Crippen molar-refractivity contribution in [3.05, 3.63) is 35.4 Å². The maximum atomic E-state index is 13.1. The van der Waals surface area contributed by atoms with E-state index in [1.807, 2.05) is 0 Å². The van der Waals surface area contributed by atoms with Crippen LogP contribution in [-0.4, -0.2) is 24.3 Å². The highest BCUT2D eigenvalue weighted by atomic mass is 19.2. The first-order valence-electron chi connectivity index (χ1n) is 5.02. The van der Waals surface area contributed by atoms with Gasteiger partial charge < -0.3 is 9.84 Å². The van der Waals surface area contributed by atoms with E-state index in [4.69, 9.17) is 0 Å². The van der Waals surface area contributed by atoms with Crippen molar-refractivity contribution in [2.24, 2.45) is 0 Å². The maximum absolute atomic E-state index is 13.1. The van der Waals surface area contributed by atoms with E-state index in [-0.39, 0.29) is 0 Å². The third kappa shape index (κ3) is 2.61. The monoisotopic (exact) mass is 244 g/mol. The van der Waals surface area contributed by atoms with E-state index in [1.165, 1.54) is 6.07 Å². The molecule has 1 N–H and O–H groups in total. The van der Waals surface area contributed by atoms with E-state index in [0.717, 1.165) is 19.2 Å². The quantitative estimate of drug-likeness (QED) is 0.824. The molecule has 0 saturated carbocycles. The molecule has 0 radical (unpaired) electrons. The molecule has 1 unspecified atom stereocenters. The lowest BCUT2D eigenvalue weighted by molar-refractivity contribution is -0.153. The molecule has 1 aromatic rings. The minimum absolute atomic E-state index is 0.314. The third-order valence-corrected chi connectivity index (χ3v) is 2.77. The number of methoxy groups -OCH3 is 1. The highest BCUT2D eigenvalue weighted by molar-refractivity contribution is 5.76. The van der Waals surface area contributed by atoms with Crippen LogP contribution in [0.4, 0.5) is 8.78 Å². The topological polar surface area (TPSA) is 46.5 Å². The number of hydrogen-bond donors (Lipinski definition) is 1. The smallest absolute Gasteiger partial charge is 0.335 e. The SMILES string of the molecule is COC(=O)C(O)C(C)(C)c1ccc(F)c(F)c1. The summed E-state index contributed by atoms with van der Waals surface area (Å²) in [7, 11) is 1.15. The molecule has 5 heteroatoms. The van der Waals surface area contributed by atoms with Crippen LogP contribution in [0.5, 0.6) is 0 Å². The van der Waals surface area contributed by atoms with Gasteiger partial charge in [-0.1, -0.05) is 19.9 Å². The third-order valence-electron chi connectivity index (χ3n) is 2.77. The number of rotatable bonds is 3. The summed E-state index contributed by atoms with van der Waals surface area (Å²) in [5.74, 6) is -2.82. The molecule has 0 bridgehead atoms. The molecule has 1 aromatic carbocycles. The normalized spacial score (nSPS) is 13.3. The summed E-state index contributed by atoms with van der Waals surface area (Å²) in [6.45, 7) is 3.09. The number of aliphatic hydroxyl groups excluding tert-OH is 1. The summed E-state index contributed by atoms with van der Waals surface area (Å²) in [6.07, 6.45) is -1.45. The van der Waals surface area contributed by atoms with Crippen molar-refractivity contribution >= 4 is 5.97 Å². The number of carbonyl (C=O) groups is 1. The number of benzene rings is 1. The van der Waals surface area contributed by atoms with Gasteiger partial charge in [0, 0.05) is 5.41 Å². The number of halogens is 2. The molecular weight excluding hydrogens is 230 g/mol. The van der Waals surface area contributed by atoms with Gasteiger partial charge in [0.2, 0.25) is 0 Å². The highest BCUT2D eigenvalue weighted by Gasteiger charge is 2.36. The number of carbonyl (C=O) groups excluding carboxylic acids is 1. The van der Waals surface area contributed by atoms with Gasteiger partial charge in [-0.15, -0.1) is 0 Å². The molecule has 0 fully saturated rings.